The molecule has 23 nitrogen and oxygen atoms in total. The van der Waals surface area contributed by atoms with Crippen molar-refractivity contribution in [2.75, 3.05) is 25.1 Å². The smallest absolute Gasteiger partial charge is 0.262 e. The van der Waals surface area contributed by atoms with Crippen LogP contribution < -0.4 is 36.2 Å². The predicted octanol–water partition coefficient (Wildman–Crippen LogP) is 16.7. The Morgan fingerprint density at radius 2 is 0.825 bits per heavy atom. The lowest BCUT2D eigenvalue weighted by molar-refractivity contribution is 0.0445. The highest BCUT2D eigenvalue weighted by atomic mass is 32.1. The first-order chi connectivity index (χ1) is 54.6. The second kappa shape index (κ2) is 32.6. The Hall–Kier alpha value is -9.62. The largest absolute Gasteiger partial charge is 0.494 e. The first-order valence-electron chi connectivity index (χ1n) is 39.0. The van der Waals surface area contributed by atoms with Crippen LogP contribution in [0.5, 0.6) is 5.75 Å². The lowest BCUT2D eigenvalue weighted by Crippen LogP contribution is -2.59. The monoisotopic (exact) mass is 1630 g/mol. The van der Waals surface area contributed by atoms with Crippen molar-refractivity contribution in [3.8, 4) is 5.75 Å². The molecule has 7 fully saturated rings. The van der Waals surface area contributed by atoms with Gasteiger partial charge < -0.3 is 36.2 Å². The first-order valence-corrected chi connectivity index (χ1v) is 43.1. The highest BCUT2D eigenvalue weighted by Crippen LogP contribution is 2.52. The zero-order valence-electron chi connectivity index (χ0n) is 66.5. The Morgan fingerprint density at radius 1 is 0.456 bits per heavy atom. The number of nitrogens with zero attached hydrogens (tertiary/aromatic N) is 12. The molecule has 11 aromatic heterocycles. The summed E-state index contributed by atoms with van der Waals surface area (Å²) in [6.45, 7) is 27.5. The second-order valence-electron chi connectivity index (χ2n) is 31.7. The number of rotatable bonds is 16. The number of alkyl halides is 1. The fourth-order valence-electron chi connectivity index (χ4n) is 15.0. The van der Waals surface area contributed by atoms with Crippen LogP contribution in [0.4, 0.5) is 14.5 Å². The Morgan fingerprint density at radius 3 is 1.18 bits per heavy atom. The van der Waals surface area contributed by atoms with Crippen LogP contribution in [0.25, 0.3) is 51.1 Å². The van der Waals surface area contributed by atoms with Gasteiger partial charge in [-0.15, -0.1) is 82.2 Å². The van der Waals surface area contributed by atoms with E-state index in [9.17, 15) is 32.8 Å². The summed E-state index contributed by atoms with van der Waals surface area (Å²) in [5.41, 5.74) is 16.4. The molecule has 0 unspecified atom stereocenters. The number of hydrogen-bond donors (Lipinski definition) is 5. The maximum absolute atomic E-state index is 13.8. The summed E-state index contributed by atoms with van der Waals surface area (Å²) in [6, 6.07) is 9.51. The number of carbonyl (C=O) groups is 5. The molecular weight excluding hydrogens is 1540 g/mol. The topological polar surface area (TPSA) is 300 Å². The number of thiophene rings is 5. The Kier molecular flexibility index (Phi) is 22.7. The van der Waals surface area contributed by atoms with Crippen molar-refractivity contribution in [3.05, 3.63) is 163 Å². The average Bonchev–Trinajstić information content (AvgIpc) is 1.58. The lowest BCUT2D eigenvalue weighted by Gasteiger charge is -2.41. The average molecular weight is 1640 g/mol. The van der Waals surface area contributed by atoms with Crippen molar-refractivity contribution < 1.29 is 37.5 Å². The molecule has 12 heterocycles. The predicted molar refractivity (Wildman–Crippen MR) is 447 cm³/mol. The van der Waals surface area contributed by atoms with E-state index < -0.39 is 11.5 Å². The van der Waals surface area contributed by atoms with E-state index in [0.29, 0.717) is 53.1 Å². The number of nitrogens with one attached hydrogen (secondary N) is 5. The summed E-state index contributed by atoms with van der Waals surface area (Å²) in [4.78, 5) is 77.5. The van der Waals surface area contributed by atoms with Crippen LogP contribution in [0.3, 0.4) is 0 Å². The number of ether oxygens (including phenoxy) is 1. The van der Waals surface area contributed by atoms with Crippen molar-refractivity contribution >= 4 is 143 Å². The van der Waals surface area contributed by atoms with E-state index in [1.807, 2.05) is 94.5 Å². The number of methoxy groups -OCH3 is 1. The minimum atomic E-state index is -1.13. The van der Waals surface area contributed by atoms with E-state index in [1.165, 1.54) is 106 Å². The number of benzene rings is 1. The first kappa shape index (κ1) is 79.6. The van der Waals surface area contributed by atoms with Gasteiger partial charge >= 0.3 is 0 Å². The Labute approximate surface area is 679 Å². The zero-order valence-corrected chi connectivity index (χ0v) is 70.6. The summed E-state index contributed by atoms with van der Waals surface area (Å²) in [5, 5.41) is 63.0. The van der Waals surface area contributed by atoms with Crippen LogP contribution in [0.2, 0.25) is 0 Å². The number of aromatic nitrogens is 11. The lowest BCUT2D eigenvalue weighted by atomic mass is 9.79. The van der Waals surface area contributed by atoms with Crippen molar-refractivity contribution in [3.63, 3.8) is 0 Å². The van der Waals surface area contributed by atoms with Gasteiger partial charge in [-0.3, -0.25) is 29.0 Å². The molecule has 12 aromatic rings. The van der Waals surface area contributed by atoms with Crippen LogP contribution in [0.1, 0.15) is 246 Å². The van der Waals surface area contributed by atoms with Crippen LogP contribution in [-0.2, 0) is 6.54 Å². The Balaban J connectivity index is 0.000000113. The molecule has 0 atom stereocenters. The van der Waals surface area contributed by atoms with E-state index in [-0.39, 0.29) is 53.9 Å². The second-order valence-corrected chi connectivity index (χ2v) is 36.7. The Bertz CT molecular complexity index is 5780. The molecular formula is C84H93F2N17O6S5. The van der Waals surface area contributed by atoms with E-state index >= 15 is 0 Å². The van der Waals surface area contributed by atoms with Gasteiger partial charge in [-0.2, -0.15) is 25.5 Å². The molecule has 6 saturated carbocycles. The number of amides is 5. The van der Waals surface area contributed by atoms with E-state index in [1.54, 1.807) is 25.3 Å². The number of fused-ring (bicyclic) bond motifs is 5. The van der Waals surface area contributed by atoms with Gasteiger partial charge in [-0.25, -0.2) is 8.78 Å². The molecule has 6 aliphatic carbocycles. The molecule has 30 heteroatoms. The number of halogens is 2. The summed E-state index contributed by atoms with van der Waals surface area (Å²) < 4.78 is 32.4. The molecule has 0 spiro atoms. The number of carbonyl (C=O) groups excluding carboxylic acids is 5. The van der Waals surface area contributed by atoms with E-state index in [2.05, 4.69) is 94.4 Å². The third-order valence-corrected chi connectivity index (χ3v) is 28.6. The molecule has 1 saturated heterocycles. The fraction of sp³-hybridized carbons (Fsp3) is 0.452. The molecule has 5 N–H and O–H groups in total. The molecule has 1 aromatic carbocycles. The normalized spacial score (nSPS) is 17.8. The molecule has 114 heavy (non-hydrogen) atoms. The maximum atomic E-state index is 13.8. The standard InChI is InChI=1S/C20H20FN3O2S.C18H19N5OS.C17H20FN3OS.C16H19N3OS.C13H15N3OS/c1-10-11(2)23-24-20-16(10)17(13-5-6-13)18(27-20)19(25)22-9-12-4-7-15(26-3)14(21)8-12;1-10-12(3)21-22-18-15(10)11(2)16(25-18)17(24)20-13-8-23(9-13)14-5-4-6-19-7-14;1-8-9(2)20-21-16-12(8)13(10-4-5-10)14(23-16)15(22)19-11-6-17(3,18)7-11;1-8-9(2)18-19-16-12(8)13(10-6-7-10)14(21-16)15(20)17-11-4-3-5-11;1-6-8(3)15-16-13-10(6)7(2)11(18-13)12(17)14-9-4-5-9/h4,7-8,13H,5-6,9H2,1-3H3,(H,22,25);4-7,13H,8-9H2,1-3H3,(H,20,24);10-11H,4-7H2,1-3H3,(H,19,22);10-11H,3-7H2,1-2H3,(H,17,20);9H,4-5H2,1-3H3,(H,14,17). The van der Waals surface area contributed by atoms with Crippen LogP contribution >= 0.6 is 56.7 Å². The zero-order chi connectivity index (χ0) is 80.5. The van der Waals surface area contributed by atoms with Gasteiger partial charge in [-0.1, -0.05) is 6.07 Å². The van der Waals surface area contributed by atoms with Gasteiger partial charge in [0.1, 0.15) is 29.8 Å². The van der Waals surface area contributed by atoms with Crippen LogP contribution in [0.15, 0.2) is 42.7 Å². The molecule has 1 aliphatic heterocycles. The molecule has 594 valence electrons. The van der Waals surface area contributed by atoms with E-state index in [4.69, 9.17) is 4.74 Å². The highest BCUT2D eigenvalue weighted by Gasteiger charge is 2.43. The van der Waals surface area contributed by atoms with Gasteiger partial charge in [0.05, 0.1) is 77.9 Å². The number of aryl methyl sites for hydroxylation is 12. The minimum absolute atomic E-state index is 0.0200. The summed E-state index contributed by atoms with van der Waals surface area (Å²) in [5.74, 6) is 1.06. The number of hydrogen-bond acceptors (Lipinski definition) is 23. The molecule has 7 aliphatic rings. The molecule has 0 radical (unpaired) electrons. The molecule has 5 amide bonds. The third kappa shape index (κ3) is 16.7. The minimum Gasteiger partial charge on any atom is -0.494 e. The summed E-state index contributed by atoms with van der Waals surface area (Å²) in [7, 11) is 1.42. The van der Waals surface area contributed by atoms with E-state index in [0.717, 1.165) is 208 Å². The fourth-order valence-corrected chi connectivity index (χ4v) is 20.7. The van der Waals surface area contributed by atoms with Gasteiger partial charge in [-0.05, 0) is 264 Å². The van der Waals surface area contributed by atoms with Crippen molar-refractivity contribution in [2.24, 2.45) is 0 Å². The summed E-state index contributed by atoms with van der Waals surface area (Å²) >= 11 is 7.18. The SMILES string of the molecule is COc1ccc(CNC(=O)c2sc3nnc(C)c(C)c3c2C2CC2)cc1F.Cc1nnc2sc(C(=O)NC3CC(C)(F)C3)c(C3CC3)c2c1C.Cc1nnc2sc(C(=O)NC3CC3)c(C)c2c1C.Cc1nnc2sc(C(=O)NC3CCC3)c(C3CC3)c2c1C.Cc1nnc2sc(C(=O)NC3CN(c4cccnc4)C3)c(C)c2c1C. The third-order valence-electron chi connectivity index (χ3n) is 23.0. The number of anilines is 1. The van der Waals surface area contributed by atoms with Crippen LogP contribution in [0, 0.1) is 88.9 Å². The van der Waals surface area contributed by atoms with Gasteiger partial charge in [0.2, 0.25) is 0 Å². The molecule has 19 rings (SSSR count). The quantitative estimate of drug-likeness (QED) is 0.0600. The highest BCUT2D eigenvalue weighted by molar-refractivity contribution is 7.22. The molecule has 0 bridgehead atoms. The van der Waals surface area contributed by atoms with Gasteiger partial charge in [0, 0.05) is 83.7 Å². The van der Waals surface area contributed by atoms with Crippen molar-refractivity contribution in [1.29, 1.82) is 0 Å². The van der Waals surface area contributed by atoms with Crippen LogP contribution in [-0.4, -0.2) is 136 Å². The maximum Gasteiger partial charge on any atom is 0.262 e. The van der Waals surface area contributed by atoms with Gasteiger partial charge in [0.25, 0.3) is 29.5 Å². The van der Waals surface area contributed by atoms with Crippen molar-refractivity contribution in [1.82, 2.24) is 82.6 Å². The van der Waals surface area contributed by atoms with Crippen molar-refractivity contribution in [2.45, 2.75) is 228 Å². The van der Waals surface area contributed by atoms with Gasteiger partial charge in [0.15, 0.2) is 11.6 Å². The summed E-state index contributed by atoms with van der Waals surface area (Å²) in [6.07, 6.45) is 16.9. The number of pyridine rings is 1.